The molecule has 25 heavy (non-hydrogen) atoms. The first-order valence-corrected chi connectivity index (χ1v) is 9.93. The van der Waals surface area contributed by atoms with Crippen molar-refractivity contribution in [3.05, 3.63) is 79.7 Å². The normalized spacial score (nSPS) is 12.4. The third kappa shape index (κ3) is 4.79. The van der Waals surface area contributed by atoms with Gasteiger partial charge in [-0.25, -0.2) is 4.98 Å². The van der Waals surface area contributed by atoms with Crippen molar-refractivity contribution in [2.45, 2.75) is 16.7 Å². The van der Waals surface area contributed by atoms with Crippen LogP contribution in [-0.4, -0.2) is 9.55 Å². The third-order valence-electron chi connectivity index (χ3n) is 3.48. The molecule has 130 valence electrons. The van der Waals surface area contributed by atoms with Crippen molar-refractivity contribution < 1.29 is 0 Å². The van der Waals surface area contributed by atoms with E-state index in [0.29, 0.717) is 31.7 Å². The first-order chi connectivity index (χ1) is 11.9. The van der Waals surface area contributed by atoms with E-state index in [9.17, 15) is 0 Å². The Kier molecular flexibility index (Phi) is 6.48. The van der Waals surface area contributed by atoms with E-state index in [-0.39, 0.29) is 5.25 Å². The topological polar surface area (TPSA) is 17.8 Å². The molecule has 2 aromatic carbocycles. The molecule has 0 N–H and O–H groups in total. The molecule has 1 atom stereocenters. The van der Waals surface area contributed by atoms with Gasteiger partial charge in [0.2, 0.25) is 0 Å². The summed E-state index contributed by atoms with van der Waals surface area (Å²) in [4.78, 5) is 4.99. The van der Waals surface area contributed by atoms with Gasteiger partial charge in [0.05, 0.1) is 26.6 Å². The summed E-state index contributed by atoms with van der Waals surface area (Å²) in [5.41, 5.74) is 0.965. The van der Waals surface area contributed by atoms with Crippen molar-refractivity contribution in [2.24, 2.45) is 0 Å². The van der Waals surface area contributed by atoms with Gasteiger partial charge >= 0.3 is 0 Å². The first kappa shape index (κ1) is 19.2. The van der Waals surface area contributed by atoms with Crippen LogP contribution in [0.15, 0.2) is 53.9 Å². The van der Waals surface area contributed by atoms with E-state index in [1.54, 1.807) is 42.5 Å². The summed E-state index contributed by atoms with van der Waals surface area (Å²) in [7, 11) is 0. The minimum Gasteiger partial charge on any atom is -0.336 e. The van der Waals surface area contributed by atoms with Crippen LogP contribution in [0, 0.1) is 0 Å². The monoisotopic (exact) mass is 450 g/mol. The largest absolute Gasteiger partial charge is 0.336 e. The number of nitrogens with zero attached hydrogens (tertiary/aromatic N) is 2. The molecule has 3 rings (SSSR count). The number of hydrogen-bond donors (Lipinski definition) is 0. The lowest BCUT2D eigenvalue weighted by atomic mass is 10.1. The third-order valence-corrected chi connectivity index (χ3v) is 6.44. The van der Waals surface area contributed by atoms with Gasteiger partial charge in [-0.15, -0.1) is 11.8 Å². The number of halogens is 5. The van der Waals surface area contributed by atoms with Crippen molar-refractivity contribution in [1.29, 1.82) is 0 Å². The highest BCUT2D eigenvalue weighted by molar-refractivity contribution is 7.99. The van der Waals surface area contributed by atoms with Gasteiger partial charge in [0, 0.05) is 33.9 Å². The maximum Gasteiger partial charge on any atom is 0.0946 e. The zero-order valence-electron chi connectivity index (χ0n) is 12.6. The van der Waals surface area contributed by atoms with Gasteiger partial charge in [0.15, 0.2) is 0 Å². The highest BCUT2D eigenvalue weighted by Gasteiger charge is 2.19. The van der Waals surface area contributed by atoms with Gasteiger partial charge in [-0.05, 0) is 29.8 Å². The fourth-order valence-electron chi connectivity index (χ4n) is 2.31. The molecular weight excluding hydrogens is 442 g/mol. The summed E-state index contributed by atoms with van der Waals surface area (Å²) >= 11 is 32.4. The molecule has 0 saturated heterocycles. The van der Waals surface area contributed by atoms with Crippen LogP contribution in [0.25, 0.3) is 0 Å². The Morgan fingerprint density at radius 2 is 1.68 bits per heavy atom. The summed E-state index contributed by atoms with van der Waals surface area (Å²) in [6.45, 7) is 0.671. The van der Waals surface area contributed by atoms with Crippen LogP contribution >= 0.6 is 69.8 Å². The predicted molar refractivity (Wildman–Crippen MR) is 109 cm³/mol. The second kappa shape index (κ2) is 8.43. The van der Waals surface area contributed by atoms with Crippen LogP contribution in [0.1, 0.15) is 10.8 Å². The minimum atomic E-state index is 0.00674. The molecule has 2 nitrogen and oxygen atoms in total. The Hall–Kier alpha value is -0.550. The van der Waals surface area contributed by atoms with E-state index in [1.165, 1.54) is 0 Å². The lowest BCUT2D eigenvalue weighted by molar-refractivity contribution is 0.683. The van der Waals surface area contributed by atoms with Crippen molar-refractivity contribution in [1.82, 2.24) is 9.55 Å². The van der Waals surface area contributed by atoms with Crippen molar-refractivity contribution >= 4 is 69.8 Å². The lowest BCUT2D eigenvalue weighted by Crippen LogP contribution is -2.05. The number of thioether (sulfide) groups is 1. The summed E-state index contributed by atoms with van der Waals surface area (Å²) in [6, 6.07) is 9.09. The fraction of sp³-hybridized carbons (Fsp3) is 0.118. The first-order valence-electron chi connectivity index (χ1n) is 7.16. The lowest BCUT2D eigenvalue weighted by Gasteiger charge is -2.20. The molecule has 8 heteroatoms. The molecule has 1 unspecified atom stereocenters. The number of imidazole rings is 1. The number of aromatic nitrogens is 2. The smallest absolute Gasteiger partial charge is 0.0946 e. The fourth-order valence-corrected chi connectivity index (χ4v) is 4.92. The van der Waals surface area contributed by atoms with Crippen LogP contribution in [0.5, 0.6) is 0 Å². The average molecular weight is 453 g/mol. The molecule has 0 fully saturated rings. The maximum atomic E-state index is 6.42. The molecule has 0 radical (unpaired) electrons. The molecule has 0 aliphatic heterocycles. The van der Waals surface area contributed by atoms with Gasteiger partial charge in [0.25, 0.3) is 0 Å². The molecule has 0 aliphatic rings. The standard InChI is InChI=1S/C17H11Cl5N2S/c18-10-1-2-12(13(19)5-10)16(8-24-4-3-23-9-24)25-11-6-14(20)17(22)15(21)7-11/h1-7,9,16H,8H2. The number of hydrogen-bond acceptors (Lipinski definition) is 2. The Balaban J connectivity index is 1.96. The van der Waals surface area contributed by atoms with E-state index in [4.69, 9.17) is 58.0 Å². The molecule has 1 heterocycles. The second-order valence-electron chi connectivity index (χ2n) is 5.23. The van der Waals surface area contributed by atoms with Crippen molar-refractivity contribution in [2.75, 3.05) is 0 Å². The number of rotatable bonds is 5. The Labute approximate surface area is 175 Å². The Bertz CT molecular complexity index is 860. The van der Waals surface area contributed by atoms with Gasteiger partial charge < -0.3 is 4.57 Å². The zero-order valence-corrected chi connectivity index (χ0v) is 17.2. The maximum absolute atomic E-state index is 6.42. The van der Waals surface area contributed by atoms with Crippen LogP contribution in [0.3, 0.4) is 0 Å². The quantitative estimate of drug-likeness (QED) is 0.292. The van der Waals surface area contributed by atoms with Crippen LogP contribution < -0.4 is 0 Å². The SMILES string of the molecule is Clc1ccc(C(Cn2ccnc2)Sc2cc(Cl)c(Cl)c(Cl)c2)c(Cl)c1. The Morgan fingerprint density at radius 1 is 0.960 bits per heavy atom. The summed E-state index contributed by atoms with van der Waals surface area (Å²) in [5.74, 6) is 0. The summed E-state index contributed by atoms with van der Waals surface area (Å²) < 4.78 is 1.99. The minimum absolute atomic E-state index is 0.00674. The zero-order chi connectivity index (χ0) is 18.0. The van der Waals surface area contributed by atoms with Gasteiger partial charge in [-0.2, -0.15) is 0 Å². The highest BCUT2D eigenvalue weighted by atomic mass is 35.5. The molecule has 0 amide bonds. The van der Waals surface area contributed by atoms with Crippen molar-refractivity contribution in [3.63, 3.8) is 0 Å². The predicted octanol–water partition coefficient (Wildman–Crippen LogP) is 7.68. The number of benzene rings is 2. The summed E-state index contributed by atoms with van der Waals surface area (Å²) in [5, 5.41) is 2.39. The second-order valence-corrected chi connectivity index (χ2v) is 8.54. The summed E-state index contributed by atoms with van der Waals surface area (Å²) in [6.07, 6.45) is 5.40. The van der Waals surface area contributed by atoms with E-state index < -0.39 is 0 Å². The van der Waals surface area contributed by atoms with E-state index in [1.807, 2.05) is 22.9 Å². The molecule has 0 bridgehead atoms. The van der Waals surface area contributed by atoms with Crippen molar-refractivity contribution in [3.8, 4) is 0 Å². The van der Waals surface area contributed by atoms with E-state index >= 15 is 0 Å². The van der Waals surface area contributed by atoms with Gasteiger partial charge in [-0.3, -0.25) is 0 Å². The average Bonchev–Trinajstić information content (AvgIpc) is 3.05. The van der Waals surface area contributed by atoms with Gasteiger partial charge in [0.1, 0.15) is 0 Å². The van der Waals surface area contributed by atoms with Crippen LogP contribution in [0.4, 0.5) is 0 Å². The molecule has 1 aromatic heterocycles. The molecule has 3 aromatic rings. The van der Waals surface area contributed by atoms with E-state index in [0.717, 1.165) is 10.5 Å². The van der Waals surface area contributed by atoms with Crippen LogP contribution in [-0.2, 0) is 6.54 Å². The van der Waals surface area contributed by atoms with E-state index in [2.05, 4.69) is 4.98 Å². The Morgan fingerprint density at radius 3 is 2.28 bits per heavy atom. The molecule has 0 aliphatic carbocycles. The molecule has 0 saturated carbocycles. The molecule has 0 spiro atoms. The molecular formula is C17H11Cl5N2S. The van der Waals surface area contributed by atoms with Crippen LogP contribution in [0.2, 0.25) is 25.1 Å². The highest BCUT2D eigenvalue weighted by Crippen LogP contribution is 2.43. The van der Waals surface area contributed by atoms with Gasteiger partial charge in [-0.1, -0.05) is 64.1 Å².